The second kappa shape index (κ2) is 5.28. The molecule has 1 N–H and O–H groups in total. The van der Waals surface area contributed by atoms with Gasteiger partial charge in [-0.3, -0.25) is 0 Å². The first kappa shape index (κ1) is 13.2. The average Bonchev–Trinajstić information content (AvgIpc) is 3.04. The third kappa shape index (κ3) is 2.45. The fourth-order valence-electron chi connectivity index (χ4n) is 1.94. The molecule has 0 saturated heterocycles. The molecule has 106 valence electrons. The highest BCUT2D eigenvalue weighted by Gasteiger charge is 2.13. The number of hydrogen-bond acceptors (Lipinski definition) is 5. The highest BCUT2D eigenvalue weighted by Crippen LogP contribution is 2.23. The molecule has 0 aliphatic heterocycles. The van der Waals surface area contributed by atoms with Gasteiger partial charge < -0.3 is 5.32 Å². The molecular formula is C14H13FN6. The molecule has 0 aliphatic carbocycles. The maximum atomic E-state index is 13.7. The van der Waals surface area contributed by atoms with E-state index in [1.807, 2.05) is 0 Å². The average molecular weight is 284 g/mol. The van der Waals surface area contributed by atoms with E-state index in [2.05, 4.69) is 25.4 Å². The summed E-state index contributed by atoms with van der Waals surface area (Å²) in [4.78, 5) is 12.9. The van der Waals surface area contributed by atoms with E-state index in [1.54, 1.807) is 44.6 Å². The normalized spacial score (nSPS) is 10.6. The molecule has 2 heterocycles. The van der Waals surface area contributed by atoms with Crippen molar-refractivity contribution in [2.75, 3.05) is 12.4 Å². The van der Waals surface area contributed by atoms with Crippen LogP contribution in [-0.2, 0) is 0 Å². The molecule has 0 aliphatic rings. The monoisotopic (exact) mass is 284 g/mol. The number of nitrogens with one attached hydrogen (secondary N) is 1. The second-order valence-corrected chi connectivity index (χ2v) is 4.40. The number of anilines is 1. The maximum Gasteiger partial charge on any atom is 0.255 e. The summed E-state index contributed by atoms with van der Waals surface area (Å²) in [6.45, 7) is 1.70. The van der Waals surface area contributed by atoms with Crippen molar-refractivity contribution in [1.29, 1.82) is 0 Å². The van der Waals surface area contributed by atoms with Crippen LogP contribution in [0.1, 0.15) is 5.56 Å². The summed E-state index contributed by atoms with van der Waals surface area (Å²) >= 11 is 0. The van der Waals surface area contributed by atoms with E-state index in [1.165, 1.54) is 10.7 Å². The van der Waals surface area contributed by atoms with Crippen molar-refractivity contribution in [2.45, 2.75) is 6.92 Å². The predicted molar refractivity (Wildman–Crippen MR) is 76.6 cm³/mol. The molecule has 0 spiro atoms. The van der Waals surface area contributed by atoms with Crippen molar-refractivity contribution in [3.8, 4) is 17.3 Å². The molecule has 0 radical (unpaired) electrons. The first-order valence-corrected chi connectivity index (χ1v) is 6.38. The molecule has 2 aromatic heterocycles. The van der Waals surface area contributed by atoms with Gasteiger partial charge in [-0.15, -0.1) is 0 Å². The first-order chi connectivity index (χ1) is 10.2. The Balaban J connectivity index is 2.18. The SMILES string of the molecule is CNc1nc(-c2cccc(F)c2C)nc(-n2cccn2)n1. The molecule has 0 fully saturated rings. The molecule has 0 saturated carbocycles. The van der Waals surface area contributed by atoms with E-state index in [0.717, 1.165) is 0 Å². The summed E-state index contributed by atoms with van der Waals surface area (Å²) in [6, 6.07) is 6.59. The van der Waals surface area contributed by atoms with Crippen molar-refractivity contribution in [1.82, 2.24) is 24.7 Å². The molecule has 0 unspecified atom stereocenters. The lowest BCUT2D eigenvalue weighted by atomic mass is 10.1. The van der Waals surface area contributed by atoms with Gasteiger partial charge in [0.25, 0.3) is 5.95 Å². The Labute approximate surface area is 120 Å². The van der Waals surface area contributed by atoms with E-state index >= 15 is 0 Å². The van der Waals surface area contributed by atoms with Crippen LogP contribution >= 0.6 is 0 Å². The van der Waals surface area contributed by atoms with Crippen LogP contribution in [0.3, 0.4) is 0 Å². The Bertz CT molecular complexity index is 769. The molecule has 21 heavy (non-hydrogen) atoms. The van der Waals surface area contributed by atoms with E-state index in [4.69, 9.17) is 0 Å². The molecule has 3 rings (SSSR count). The fourth-order valence-corrected chi connectivity index (χ4v) is 1.94. The van der Waals surface area contributed by atoms with Crippen molar-refractivity contribution in [3.05, 3.63) is 48.0 Å². The van der Waals surface area contributed by atoms with Gasteiger partial charge >= 0.3 is 0 Å². The van der Waals surface area contributed by atoms with E-state index in [-0.39, 0.29) is 5.82 Å². The van der Waals surface area contributed by atoms with Gasteiger partial charge in [-0.1, -0.05) is 12.1 Å². The topological polar surface area (TPSA) is 68.5 Å². The number of nitrogens with zero attached hydrogens (tertiary/aromatic N) is 5. The van der Waals surface area contributed by atoms with Gasteiger partial charge in [-0.25, -0.2) is 9.07 Å². The van der Waals surface area contributed by atoms with Crippen LogP contribution in [0.25, 0.3) is 17.3 Å². The Kier molecular flexibility index (Phi) is 3.31. The summed E-state index contributed by atoms with van der Waals surface area (Å²) in [5.74, 6) is 0.878. The molecule has 7 heteroatoms. The van der Waals surface area contributed by atoms with Gasteiger partial charge in [0.05, 0.1) is 0 Å². The fraction of sp³-hybridized carbons (Fsp3) is 0.143. The summed E-state index contributed by atoms with van der Waals surface area (Å²) < 4.78 is 15.2. The Morgan fingerprint density at radius 2 is 2.00 bits per heavy atom. The van der Waals surface area contributed by atoms with Crippen LogP contribution in [-0.4, -0.2) is 31.8 Å². The summed E-state index contributed by atoms with van der Waals surface area (Å²) in [5.41, 5.74) is 1.12. The smallest absolute Gasteiger partial charge is 0.255 e. The van der Waals surface area contributed by atoms with Crippen LogP contribution in [0, 0.1) is 12.7 Å². The van der Waals surface area contributed by atoms with E-state index < -0.39 is 0 Å². The minimum Gasteiger partial charge on any atom is -0.357 e. The van der Waals surface area contributed by atoms with Crippen LogP contribution in [0.4, 0.5) is 10.3 Å². The molecule has 1 aromatic carbocycles. The minimum absolute atomic E-state index is 0.292. The van der Waals surface area contributed by atoms with Crippen molar-refractivity contribution in [3.63, 3.8) is 0 Å². The zero-order chi connectivity index (χ0) is 14.8. The van der Waals surface area contributed by atoms with Crippen LogP contribution in [0.5, 0.6) is 0 Å². The van der Waals surface area contributed by atoms with Crippen LogP contribution < -0.4 is 5.32 Å². The highest BCUT2D eigenvalue weighted by molar-refractivity contribution is 5.61. The lowest BCUT2D eigenvalue weighted by Crippen LogP contribution is -2.08. The van der Waals surface area contributed by atoms with Crippen molar-refractivity contribution < 1.29 is 4.39 Å². The van der Waals surface area contributed by atoms with Gasteiger partial charge in [0.2, 0.25) is 5.95 Å². The molecular weight excluding hydrogens is 271 g/mol. The molecule has 3 aromatic rings. The van der Waals surface area contributed by atoms with E-state index in [9.17, 15) is 4.39 Å². The van der Waals surface area contributed by atoms with Gasteiger partial charge in [-0.2, -0.15) is 20.1 Å². The Hall–Kier alpha value is -2.83. The standard InChI is InChI=1S/C14H13FN6/c1-9-10(5-3-6-11(9)15)12-18-13(16-2)20-14(19-12)21-8-4-7-17-21/h3-8H,1-2H3,(H,16,18,19,20). The van der Waals surface area contributed by atoms with Gasteiger partial charge in [-0.05, 0) is 24.6 Å². The number of aromatic nitrogens is 5. The third-order valence-electron chi connectivity index (χ3n) is 3.07. The quantitative estimate of drug-likeness (QED) is 0.798. The Morgan fingerprint density at radius 3 is 2.71 bits per heavy atom. The van der Waals surface area contributed by atoms with Crippen LogP contribution in [0.2, 0.25) is 0 Å². The van der Waals surface area contributed by atoms with Gasteiger partial charge in [0.1, 0.15) is 5.82 Å². The number of rotatable bonds is 3. The highest BCUT2D eigenvalue weighted by atomic mass is 19.1. The second-order valence-electron chi connectivity index (χ2n) is 4.40. The number of halogens is 1. The van der Waals surface area contributed by atoms with Crippen molar-refractivity contribution >= 4 is 5.95 Å². The van der Waals surface area contributed by atoms with Gasteiger partial charge in [0.15, 0.2) is 5.82 Å². The molecule has 0 bridgehead atoms. The Morgan fingerprint density at radius 1 is 1.14 bits per heavy atom. The zero-order valence-electron chi connectivity index (χ0n) is 11.6. The number of hydrogen-bond donors (Lipinski definition) is 1. The summed E-state index contributed by atoms with van der Waals surface area (Å²) in [6.07, 6.45) is 3.37. The molecule has 0 amide bonds. The van der Waals surface area contributed by atoms with Crippen LogP contribution in [0.15, 0.2) is 36.7 Å². The maximum absolute atomic E-state index is 13.7. The van der Waals surface area contributed by atoms with E-state index in [0.29, 0.717) is 28.8 Å². The first-order valence-electron chi connectivity index (χ1n) is 6.38. The lowest BCUT2D eigenvalue weighted by Gasteiger charge is -2.09. The number of benzene rings is 1. The summed E-state index contributed by atoms with van der Waals surface area (Å²) in [7, 11) is 1.71. The molecule has 6 nitrogen and oxygen atoms in total. The van der Waals surface area contributed by atoms with Gasteiger partial charge in [0, 0.05) is 25.0 Å². The van der Waals surface area contributed by atoms with Crippen molar-refractivity contribution in [2.24, 2.45) is 0 Å². The molecule has 0 atom stereocenters. The predicted octanol–water partition coefficient (Wildman–Crippen LogP) is 2.21. The third-order valence-corrected chi connectivity index (χ3v) is 3.07. The summed E-state index contributed by atoms with van der Waals surface area (Å²) in [5, 5.41) is 6.98. The lowest BCUT2D eigenvalue weighted by molar-refractivity contribution is 0.619. The largest absolute Gasteiger partial charge is 0.357 e. The minimum atomic E-state index is -0.292. The zero-order valence-corrected chi connectivity index (χ0v) is 11.6.